The molecule has 0 unspecified atom stereocenters. The van der Waals surface area contributed by atoms with Crippen LogP contribution in [0.5, 0.6) is 6.01 Å². The lowest BCUT2D eigenvalue weighted by atomic mass is 9.98. The van der Waals surface area contributed by atoms with E-state index in [1.165, 1.54) is 25.2 Å². The van der Waals surface area contributed by atoms with Crippen LogP contribution in [0.1, 0.15) is 44.1 Å². The standard InChI is InChI=1S/C32H34F2N6O/c33-26-19-27-30(39-32(38-27)41-25-5-2-1-3-6-25)29(34)28(26)23-11-7-21(8-12-23)22-9-13-24(14-10-22)31(35)37-20-36-15-18-40-16-4-17-40/h7-14,19-20,25H,1-6,15-18H2,(H,38,39)(H2,35,36,37). The van der Waals surface area contributed by atoms with Gasteiger partial charge < -0.3 is 20.4 Å². The molecule has 41 heavy (non-hydrogen) atoms. The number of nitrogens with one attached hydrogen (secondary N) is 1. The molecule has 0 atom stereocenters. The summed E-state index contributed by atoms with van der Waals surface area (Å²) in [6.07, 6.45) is 8.15. The van der Waals surface area contributed by atoms with Crippen molar-refractivity contribution in [1.29, 1.82) is 0 Å². The van der Waals surface area contributed by atoms with Crippen LogP contribution in [0.25, 0.3) is 33.3 Å². The van der Waals surface area contributed by atoms with E-state index in [4.69, 9.17) is 10.5 Å². The lowest BCUT2D eigenvalue weighted by Gasteiger charge is -2.29. The fraction of sp³-hybridized carbons (Fsp3) is 0.344. The van der Waals surface area contributed by atoms with E-state index in [0.717, 1.165) is 62.0 Å². The van der Waals surface area contributed by atoms with Gasteiger partial charge in [-0.3, -0.25) is 4.99 Å². The number of nitrogens with zero attached hydrogens (tertiary/aromatic N) is 4. The second-order valence-electron chi connectivity index (χ2n) is 10.7. The fourth-order valence-electron chi connectivity index (χ4n) is 5.42. The molecule has 3 N–H and O–H groups in total. The van der Waals surface area contributed by atoms with E-state index in [-0.39, 0.29) is 28.7 Å². The van der Waals surface area contributed by atoms with E-state index in [9.17, 15) is 0 Å². The number of ether oxygens (including phenoxy) is 1. The number of rotatable bonds is 9. The first-order valence-corrected chi connectivity index (χ1v) is 14.3. The van der Waals surface area contributed by atoms with E-state index in [0.29, 0.717) is 17.9 Å². The van der Waals surface area contributed by atoms with Crippen LogP contribution in [0.2, 0.25) is 0 Å². The summed E-state index contributed by atoms with van der Waals surface area (Å²) in [6.45, 7) is 3.97. The van der Waals surface area contributed by atoms with Crippen molar-refractivity contribution < 1.29 is 13.5 Å². The van der Waals surface area contributed by atoms with Crippen LogP contribution in [0.15, 0.2) is 64.6 Å². The number of halogens is 2. The van der Waals surface area contributed by atoms with E-state index >= 15 is 8.78 Å². The van der Waals surface area contributed by atoms with Gasteiger partial charge in [-0.25, -0.2) is 13.8 Å². The van der Waals surface area contributed by atoms with E-state index in [2.05, 4.69) is 24.9 Å². The summed E-state index contributed by atoms with van der Waals surface area (Å²) in [4.78, 5) is 18.2. The lowest BCUT2D eigenvalue weighted by Crippen LogP contribution is -2.38. The second-order valence-corrected chi connectivity index (χ2v) is 10.7. The molecular weight excluding hydrogens is 522 g/mol. The number of aliphatic imine (C=N–C) groups is 2. The van der Waals surface area contributed by atoms with Crippen LogP contribution >= 0.6 is 0 Å². The number of imidazole rings is 1. The third-order valence-electron chi connectivity index (χ3n) is 7.94. The van der Waals surface area contributed by atoms with E-state index in [1.54, 1.807) is 12.1 Å². The van der Waals surface area contributed by atoms with Gasteiger partial charge in [0, 0.05) is 18.2 Å². The molecule has 2 heterocycles. The minimum absolute atomic E-state index is 0.0562. The van der Waals surface area contributed by atoms with Crippen LogP contribution in [0.3, 0.4) is 0 Å². The molecule has 2 aliphatic rings. The third-order valence-corrected chi connectivity index (χ3v) is 7.94. The van der Waals surface area contributed by atoms with Crippen LogP contribution < -0.4 is 10.5 Å². The number of fused-ring (bicyclic) bond motifs is 1. The van der Waals surface area contributed by atoms with Crippen LogP contribution in [0.4, 0.5) is 8.78 Å². The van der Waals surface area contributed by atoms with Gasteiger partial charge in [-0.1, -0.05) is 55.0 Å². The van der Waals surface area contributed by atoms with Gasteiger partial charge in [0.05, 0.1) is 17.6 Å². The smallest absolute Gasteiger partial charge is 0.294 e. The fourth-order valence-corrected chi connectivity index (χ4v) is 5.42. The lowest BCUT2D eigenvalue weighted by molar-refractivity contribution is 0.143. The molecule has 0 amide bonds. The highest BCUT2D eigenvalue weighted by Crippen LogP contribution is 2.34. The SMILES string of the molecule is NC(=NC=NCCN1CCC1)c1ccc(-c2ccc(-c3c(F)cc4[nH]c(OC5CCCCC5)nc4c3F)cc2)cc1. The minimum atomic E-state index is -0.703. The molecular formula is C32H34F2N6O. The molecule has 1 aliphatic heterocycles. The van der Waals surface area contributed by atoms with Crippen molar-refractivity contribution in [3.05, 3.63) is 71.8 Å². The van der Waals surface area contributed by atoms with E-state index in [1.807, 2.05) is 36.4 Å². The van der Waals surface area contributed by atoms with Crippen LogP contribution in [0, 0.1) is 11.6 Å². The number of aromatic amines is 1. The molecule has 0 radical (unpaired) electrons. The van der Waals surface area contributed by atoms with Gasteiger partial charge >= 0.3 is 0 Å². The predicted octanol–water partition coefficient (Wildman–Crippen LogP) is 6.33. The molecule has 3 aromatic carbocycles. The Hall–Kier alpha value is -4.11. The molecule has 9 heteroatoms. The average Bonchev–Trinajstić information content (AvgIpc) is 3.37. The van der Waals surface area contributed by atoms with Crippen LogP contribution in [-0.2, 0) is 0 Å². The molecule has 0 spiro atoms. The monoisotopic (exact) mass is 556 g/mol. The molecule has 6 rings (SSSR count). The van der Waals surface area contributed by atoms with Crippen molar-refractivity contribution in [2.75, 3.05) is 26.2 Å². The summed E-state index contributed by atoms with van der Waals surface area (Å²) >= 11 is 0. The molecule has 212 valence electrons. The summed E-state index contributed by atoms with van der Waals surface area (Å²) in [5.74, 6) is -0.962. The largest absolute Gasteiger partial charge is 0.461 e. The molecule has 7 nitrogen and oxygen atoms in total. The number of hydrogen-bond acceptors (Lipinski definition) is 4. The summed E-state index contributed by atoms with van der Waals surface area (Å²) in [6, 6.07) is 16.3. The first kappa shape index (κ1) is 27.1. The van der Waals surface area contributed by atoms with Gasteiger partial charge in [-0.15, -0.1) is 0 Å². The Kier molecular flexibility index (Phi) is 8.04. The normalized spacial score (nSPS) is 16.9. The van der Waals surface area contributed by atoms with Crippen molar-refractivity contribution in [1.82, 2.24) is 14.9 Å². The Balaban J connectivity index is 1.14. The van der Waals surface area contributed by atoms with Gasteiger partial charge in [-0.05, 0) is 61.9 Å². The second kappa shape index (κ2) is 12.2. The molecule has 1 saturated carbocycles. The minimum Gasteiger partial charge on any atom is -0.461 e. The van der Waals surface area contributed by atoms with Gasteiger partial charge in [0.2, 0.25) is 0 Å². The summed E-state index contributed by atoms with van der Waals surface area (Å²) in [7, 11) is 0. The molecule has 0 bridgehead atoms. The van der Waals surface area contributed by atoms with Crippen molar-refractivity contribution in [3.63, 3.8) is 0 Å². The number of hydrogen-bond donors (Lipinski definition) is 2. The molecule has 2 fully saturated rings. The molecule has 4 aromatic rings. The van der Waals surface area contributed by atoms with Crippen molar-refractivity contribution in [3.8, 4) is 28.3 Å². The van der Waals surface area contributed by atoms with Gasteiger partial charge in [0.25, 0.3) is 6.01 Å². The molecule has 1 aromatic heterocycles. The number of amidine groups is 1. The zero-order valence-electron chi connectivity index (χ0n) is 23.0. The Morgan fingerprint density at radius 2 is 1.66 bits per heavy atom. The maximum Gasteiger partial charge on any atom is 0.294 e. The first-order valence-electron chi connectivity index (χ1n) is 14.3. The zero-order valence-corrected chi connectivity index (χ0v) is 23.0. The summed E-state index contributed by atoms with van der Waals surface area (Å²) in [5, 5.41) is 0. The number of aromatic nitrogens is 2. The zero-order chi connectivity index (χ0) is 28.2. The maximum atomic E-state index is 15.5. The predicted molar refractivity (Wildman–Crippen MR) is 160 cm³/mol. The van der Waals surface area contributed by atoms with Crippen molar-refractivity contribution in [2.24, 2.45) is 15.7 Å². The first-order chi connectivity index (χ1) is 20.0. The van der Waals surface area contributed by atoms with E-state index < -0.39 is 11.6 Å². The Labute approximate surface area is 238 Å². The number of benzene rings is 3. The highest BCUT2D eigenvalue weighted by atomic mass is 19.1. The van der Waals surface area contributed by atoms with Crippen molar-refractivity contribution >= 4 is 23.2 Å². The maximum absolute atomic E-state index is 15.5. The van der Waals surface area contributed by atoms with Crippen molar-refractivity contribution in [2.45, 2.75) is 44.6 Å². The quantitative estimate of drug-likeness (QED) is 0.186. The van der Waals surface area contributed by atoms with Crippen LogP contribution in [-0.4, -0.2) is 59.3 Å². The number of likely N-dealkylation sites (tertiary alicyclic amines) is 1. The third kappa shape index (κ3) is 6.15. The number of nitrogens with two attached hydrogens (primary N) is 1. The molecule has 1 saturated heterocycles. The summed E-state index contributed by atoms with van der Waals surface area (Å²) < 4.78 is 36.6. The Bertz CT molecular complexity index is 1550. The Morgan fingerprint density at radius 3 is 2.34 bits per heavy atom. The molecule has 1 aliphatic carbocycles. The average molecular weight is 557 g/mol. The summed E-state index contributed by atoms with van der Waals surface area (Å²) in [5.41, 5.74) is 9.47. The van der Waals surface area contributed by atoms with Gasteiger partial charge in [0.15, 0.2) is 5.82 Å². The topological polar surface area (TPSA) is 91.9 Å². The Morgan fingerprint density at radius 1 is 0.976 bits per heavy atom. The highest BCUT2D eigenvalue weighted by Gasteiger charge is 2.21. The van der Waals surface area contributed by atoms with Gasteiger partial charge in [-0.2, -0.15) is 4.98 Å². The number of H-pyrrole nitrogens is 1. The van der Waals surface area contributed by atoms with Gasteiger partial charge in [0.1, 0.15) is 29.6 Å². The highest BCUT2D eigenvalue weighted by molar-refractivity contribution is 6.01.